The summed E-state index contributed by atoms with van der Waals surface area (Å²) in [5.41, 5.74) is 1.54. The zero-order valence-corrected chi connectivity index (χ0v) is 9.32. The summed E-state index contributed by atoms with van der Waals surface area (Å²) in [4.78, 5) is 15.8. The van der Waals surface area contributed by atoms with Crippen LogP contribution < -0.4 is 0 Å². The lowest BCUT2D eigenvalue weighted by Gasteiger charge is -2.03. The Hall–Kier alpha value is -1.22. The molecule has 1 aromatic rings. The first-order chi connectivity index (χ1) is 7.25. The molecule has 0 radical (unpaired) electrons. The number of nitrogens with zero attached hydrogens (tertiary/aromatic N) is 1. The number of hydrogen-bond donors (Lipinski definition) is 0. The van der Waals surface area contributed by atoms with E-state index in [0.29, 0.717) is 25.3 Å². The molecule has 0 saturated heterocycles. The number of aromatic nitrogens is 1. The second-order valence-corrected chi connectivity index (χ2v) is 3.39. The molecule has 3 heteroatoms. The molecule has 1 heterocycles. The van der Waals surface area contributed by atoms with Crippen molar-refractivity contribution in [2.75, 3.05) is 13.2 Å². The van der Waals surface area contributed by atoms with Gasteiger partial charge in [0.25, 0.3) is 0 Å². The zero-order valence-electron chi connectivity index (χ0n) is 9.32. The normalized spacial score (nSPS) is 10.3. The van der Waals surface area contributed by atoms with Crippen molar-refractivity contribution in [2.45, 2.75) is 26.7 Å². The quantitative estimate of drug-likeness (QED) is 0.531. The van der Waals surface area contributed by atoms with Crippen LogP contribution in [0.2, 0.25) is 0 Å². The Morgan fingerprint density at radius 2 is 2.33 bits per heavy atom. The molecule has 0 fully saturated rings. The maximum atomic E-state index is 11.7. The van der Waals surface area contributed by atoms with Crippen molar-refractivity contribution in [3.8, 4) is 0 Å². The molecular weight excluding hydrogens is 190 g/mol. The lowest BCUT2D eigenvalue weighted by molar-refractivity contribution is 0.0942. The number of ketones is 1. The van der Waals surface area contributed by atoms with Gasteiger partial charge in [-0.15, -0.1) is 0 Å². The van der Waals surface area contributed by atoms with Gasteiger partial charge in [0.2, 0.25) is 0 Å². The number of ether oxygens (including phenoxy) is 1. The maximum Gasteiger partial charge on any atom is 0.181 e. The SMILES string of the molecule is CCOCCCC(=O)c1ncccc1C. The molecule has 0 amide bonds. The fourth-order valence-corrected chi connectivity index (χ4v) is 1.38. The van der Waals surface area contributed by atoms with E-state index in [-0.39, 0.29) is 5.78 Å². The van der Waals surface area contributed by atoms with E-state index >= 15 is 0 Å². The lowest BCUT2D eigenvalue weighted by Crippen LogP contribution is -2.06. The first-order valence-corrected chi connectivity index (χ1v) is 5.28. The fourth-order valence-electron chi connectivity index (χ4n) is 1.38. The molecule has 0 unspecified atom stereocenters. The highest BCUT2D eigenvalue weighted by Gasteiger charge is 2.09. The van der Waals surface area contributed by atoms with E-state index in [1.807, 2.05) is 26.0 Å². The second-order valence-electron chi connectivity index (χ2n) is 3.39. The number of pyridine rings is 1. The van der Waals surface area contributed by atoms with Crippen LogP contribution in [0.15, 0.2) is 18.3 Å². The van der Waals surface area contributed by atoms with Crippen molar-refractivity contribution in [3.05, 3.63) is 29.6 Å². The summed E-state index contributed by atoms with van der Waals surface area (Å²) in [7, 11) is 0. The van der Waals surface area contributed by atoms with Gasteiger partial charge in [0.1, 0.15) is 5.69 Å². The van der Waals surface area contributed by atoms with Gasteiger partial charge in [-0.05, 0) is 31.9 Å². The number of carbonyl (C=O) groups is 1. The van der Waals surface area contributed by atoms with Gasteiger partial charge in [0.05, 0.1) is 0 Å². The van der Waals surface area contributed by atoms with E-state index in [1.54, 1.807) is 6.20 Å². The van der Waals surface area contributed by atoms with Crippen LogP contribution in [0.3, 0.4) is 0 Å². The van der Waals surface area contributed by atoms with E-state index in [1.165, 1.54) is 0 Å². The molecule has 82 valence electrons. The minimum atomic E-state index is 0.104. The molecule has 0 N–H and O–H groups in total. The molecule has 0 saturated carbocycles. The average Bonchev–Trinajstić information content (AvgIpc) is 2.25. The molecule has 0 aliphatic heterocycles. The Morgan fingerprint density at radius 3 is 3.00 bits per heavy atom. The van der Waals surface area contributed by atoms with E-state index < -0.39 is 0 Å². The highest BCUT2D eigenvalue weighted by molar-refractivity contribution is 5.95. The topological polar surface area (TPSA) is 39.2 Å². The molecule has 3 nitrogen and oxygen atoms in total. The van der Waals surface area contributed by atoms with Crippen molar-refractivity contribution in [3.63, 3.8) is 0 Å². The van der Waals surface area contributed by atoms with Crippen LogP contribution in [0.1, 0.15) is 35.8 Å². The molecular formula is C12H17NO2. The van der Waals surface area contributed by atoms with Crippen molar-refractivity contribution in [1.29, 1.82) is 0 Å². The van der Waals surface area contributed by atoms with Gasteiger partial charge in [0, 0.05) is 25.8 Å². The van der Waals surface area contributed by atoms with Gasteiger partial charge < -0.3 is 4.74 Å². The molecule has 0 aliphatic carbocycles. The van der Waals surface area contributed by atoms with Crippen LogP contribution >= 0.6 is 0 Å². The molecule has 0 atom stereocenters. The lowest BCUT2D eigenvalue weighted by atomic mass is 10.1. The van der Waals surface area contributed by atoms with Crippen LogP contribution in [-0.2, 0) is 4.74 Å². The third-order valence-electron chi connectivity index (χ3n) is 2.17. The van der Waals surface area contributed by atoms with Gasteiger partial charge >= 0.3 is 0 Å². The van der Waals surface area contributed by atoms with Crippen LogP contribution in [0.5, 0.6) is 0 Å². The van der Waals surface area contributed by atoms with Gasteiger partial charge in [-0.1, -0.05) is 6.07 Å². The Morgan fingerprint density at radius 1 is 1.53 bits per heavy atom. The van der Waals surface area contributed by atoms with Crippen LogP contribution in [0.4, 0.5) is 0 Å². The van der Waals surface area contributed by atoms with Crippen molar-refractivity contribution in [2.24, 2.45) is 0 Å². The summed E-state index contributed by atoms with van der Waals surface area (Å²) in [6.45, 7) is 5.21. The second kappa shape index (κ2) is 6.30. The van der Waals surface area contributed by atoms with Gasteiger partial charge in [0.15, 0.2) is 5.78 Å². The van der Waals surface area contributed by atoms with E-state index in [4.69, 9.17) is 4.74 Å². The third kappa shape index (κ3) is 3.80. The molecule has 0 aliphatic rings. The maximum absolute atomic E-state index is 11.7. The highest BCUT2D eigenvalue weighted by atomic mass is 16.5. The minimum Gasteiger partial charge on any atom is -0.382 e. The molecule has 1 aromatic heterocycles. The Labute approximate surface area is 90.5 Å². The van der Waals surface area contributed by atoms with E-state index in [0.717, 1.165) is 12.0 Å². The number of hydrogen-bond acceptors (Lipinski definition) is 3. The first kappa shape index (κ1) is 11.9. The summed E-state index contributed by atoms with van der Waals surface area (Å²) < 4.78 is 5.18. The summed E-state index contributed by atoms with van der Waals surface area (Å²) in [6.07, 6.45) is 2.93. The van der Waals surface area contributed by atoms with Crippen LogP contribution in [0.25, 0.3) is 0 Å². The van der Waals surface area contributed by atoms with Gasteiger partial charge in [-0.2, -0.15) is 0 Å². The predicted molar refractivity (Wildman–Crippen MR) is 59.0 cm³/mol. The summed E-state index contributed by atoms with van der Waals surface area (Å²) in [6, 6.07) is 3.75. The molecule has 15 heavy (non-hydrogen) atoms. The van der Waals surface area contributed by atoms with Crippen LogP contribution in [-0.4, -0.2) is 24.0 Å². The average molecular weight is 207 g/mol. The smallest absolute Gasteiger partial charge is 0.181 e. The monoisotopic (exact) mass is 207 g/mol. The zero-order chi connectivity index (χ0) is 11.1. The highest BCUT2D eigenvalue weighted by Crippen LogP contribution is 2.07. The number of Topliss-reactive ketones (excluding diaryl/α,β-unsaturated/α-hetero) is 1. The summed E-state index contributed by atoms with van der Waals surface area (Å²) >= 11 is 0. The van der Waals surface area contributed by atoms with Crippen molar-refractivity contribution in [1.82, 2.24) is 4.98 Å². The fraction of sp³-hybridized carbons (Fsp3) is 0.500. The Balaban J connectivity index is 2.44. The van der Waals surface area contributed by atoms with Crippen molar-refractivity contribution >= 4 is 5.78 Å². The summed E-state index contributed by atoms with van der Waals surface area (Å²) in [5, 5.41) is 0. The van der Waals surface area contributed by atoms with E-state index in [2.05, 4.69) is 4.98 Å². The van der Waals surface area contributed by atoms with E-state index in [9.17, 15) is 4.79 Å². The number of aryl methyl sites for hydroxylation is 1. The molecule has 1 rings (SSSR count). The standard InChI is InChI=1S/C12H17NO2/c1-3-15-9-5-7-11(14)12-10(2)6-4-8-13-12/h4,6,8H,3,5,7,9H2,1-2H3. The Bertz CT molecular complexity index is 323. The largest absolute Gasteiger partial charge is 0.382 e. The molecule has 0 bridgehead atoms. The molecule has 0 spiro atoms. The number of carbonyl (C=O) groups excluding carboxylic acids is 1. The van der Waals surface area contributed by atoms with Crippen LogP contribution in [0, 0.1) is 6.92 Å². The predicted octanol–water partition coefficient (Wildman–Crippen LogP) is 2.39. The number of rotatable bonds is 6. The molecule has 0 aromatic carbocycles. The van der Waals surface area contributed by atoms with Gasteiger partial charge in [-0.3, -0.25) is 9.78 Å². The third-order valence-corrected chi connectivity index (χ3v) is 2.17. The Kier molecular flexibility index (Phi) is 4.98. The van der Waals surface area contributed by atoms with Crippen molar-refractivity contribution < 1.29 is 9.53 Å². The minimum absolute atomic E-state index is 0.104. The first-order valence-electron chi connectivity index (χ1n) is 5.28. The van der Waals surface area contributed by atoms with Gasteiger partial charge in [-0.25, -0.2) is 0 Å². The summed E-state index contributed by atoms with van der Waals surface area (Å²) in [5.74, 6) is 0.104.